The van der Waals surface area contributed by atoms with Gasteiger partial charge in [0.15, 0.2) is 0 Å². The first-order valence-corrected chi connectivity index (χ1v) is 8.50. The fourth-order valence-corrected chi connectivity index (χ4v) is 4.41. The van der Waals surface area contributed by atoms with Crippen molar-refractivity contribution in [2.24, 2.45) is 11.7 Å². The topological polar surface area (TPSA) is 76.3 Å². The molecule has 1 aromatic heterocycles. The average molecular weight is 305 g/mol. The molecule has 112 valence electrons. The number of sulfonamides is 1. The molecular weight excluding hydrogens is 286 g/mol. The third kappa shape index (κ3) is 2.54. The van der Waals surface area contributed by atoms with E-state index in [4.69, 9.17) is 5.73 Å². The Morgan fingerprint density at radius 1 is 1.38 bits per heavy atom. The van der Waals surface area contributed by atoms with Crippen molar-refractivity contribution in [2.45, 2.75) is 23.8 Å². The minimum atomic E-state index is -3.56. The van der Waals surface area contributed by atoms with Crippen LogP contribution in [0.2, 0.25) is 0 Å². The van der Waals surface area contributed by atoms with E-state index < -0.39 is 10.0 Å². The Morgan fingerprint density at radius 2 is 2.14 bits per heavy atom. The van der Waals surface area contributed by atoms with E-state index in [1.807, 2.05) is 6.07 Å². The third-order valence-corrected chi connectivity index (χ3v) is 6.11. The van der Waals surface area contributed by atoms with E-state index in [-0.39, 0.29) is 6.04 Å². The van der Waals surface area contributed by atoms with Gasteiger partial charge in [0.25, 0.3) is 0 Å². The van der Waals surface area contributed by atoms with Gasteiger partial charge in [0.2, 0.25) is 10.0 Å². The lowest BCUT2D eigenvalue weighted by Crippen LogP contribution is -2.43. The van der Waals surface area contributed by atoms with Gasteiger partial charge in [-0.1, -0.05) is 12.1 Å². The second kappa shape index (κ2) is 5.36. The summed E-state index contributed by atoms with van der Waals surface area (Å²) in [4.78, 5) is 4.37. The van der Waals surface area contributed by atoms with Gasteiger partial charge in [0.05, 0.1) is 4.90 Å². The van der Waals surface area contributed by atoms with Gasteiger partial charge in [-0.25, -0.2) is 8.42 Å². The lowest BCUT2D eigenvalue weighted by Gasteiger charge is -2.26. The van der Waals surface area contributed by atoms with E-state index in [2.05, 4.69) is 4.98 Å². The van der Waals surface area contributed by atoms with E-state index in [9.17, 15) is 8.42 Å². The molecule has 0 amide bonds. The summed E-state index contributed by atoms with van der Waals surface area (Å²) in [6.45, 7) is 0.354. The Labute approximate surface area is 124 Å². The van der Waals surface area contributed by atoms with Gasteiger partial charge in [-0.15, -0.1) is 0 Å². The van der Waals surface area contributed by atoms with Crippen molar-refractivity contribution in [2.75, 3.05) is 13.6 Å². The van der Waals surface area contributed by atoms with Gasteiger partial charge in [-0.3, -0.25) is 4.98 Å². The van der Waals surface area contributed by atoms with Crippen molar-refractivity contribution < 1.29 is 8.42 Å². The molecule has 6 heteroatoms. The minimum absolute atomic E-state index is 0.118. The number of fused-ring (bicyclic) bond motifs is 1. The van der Waals surface area contributed by atoms with Crippen LogP contribution >= 0.6 is 0 Å². The predicted molar refractivity (Wildman–Crippen MR) is 82.3 cm³/mol. The van der Waals surface area contributed by atoms with Crippen molar-refractivity contribution in [3.63, 3.8) is 0 Å². The molecule has 1 unspecified atom stereocenters. The summed E-state index contributed by atoms with van der Waals surface area (Å²) in [5.74, 6) is 0.395. The van der Waals surface area contributed by atoms with Crippen LogP contribution in [0.1, 0.15) is 12.8 Å². The number of nitrogens with two attached hydrogens (primary N) is 1. The maximum absolute atomic E-state index is 12.9. The average Bonchev–Trinajstić information content (AvgIpc) is 3.32. The van der Waals surface area contributed by atoms with Crippen molar-refractivity contribution >= 4 is 20.8 Å². The molecule has 1 fully saturated rings. The first-order chi connectivity index (χ1) is 10.1. The van der Waals surface area contributed by atoms with Crippen LogP contribution in [0.4, 0.5) is 0 Å². The van der Waals surface area contributed by atoms with Crippen LogP contribution in [0.25, 0.3) is 10.8 Å². The van der Waals surface area contributed by atoms with Gasteiger partial charge in [-0.2, -0.15) is 4.31 Å². The Bertz CT molecular complexity index is 751. The highest BCUT2D eigenvalue weighted by molar-refractivity contribution is 7.89. The molecule has 1 aliphatic rings. The van der Waals surface area contributed by atoms with E-state index in [1.54, 1.807) is 37.6 Å². The lowest BCUT2D eigenvalue weighted by atomic mass is 10.2. The standard InChI is InChI=1S/C15H19N3O2S/c1-18(14(9-16)11-5-6-11)21(19,20)15-4-2-3-12-10-17-8-7-13(12)15/h2-4,7-8,10-11,14H,5-6,9,16H2,1H3. The molecule has 0 radical (unpaired) electrons. The van der Waals surface area contributed by atoms with Crippen molar-refractivity contribution in [3.8, 4) is 0 Å². The molecule has 0 bridgehead atoms. The summed E-state index contributed by atoms with van der Waals surface area (Å²) >= 11 is 0. The van der Waals surface area contributed by atoms with Crippen LogP contribution in [-0.4, -0.2) is 37.3 Å². The molecule has 2 N–H and O–H groups in total. The molecule has 3 rings (SSSR count). The van der Waals surface area contributed by atoms with Gasteiger partial charge in [0.1, 0.15) is 0 Å². The van der Waals surface area contributed by atoms with Crippen LogP contribution in [0.5, 0.6) is 0 Å². The second-order valence-electron chi connectivity index (χ2n) is 5.51. The zero-order valence-corrected chi connectivity index (χ0v) is 12.8. The number of likely N-dealkylation sites (N-methyl/N-ethyl adjacent to an activating group) is 1. The molecule has 0 aliphatic heterocycles. The SMILES string of the molecule is CN(C(CN)C1CC1)S(=O)(=O)c1cccc2cnccc12. The smallest absolute Gasteiger partial charge is 0.243 e. The molecule has 2 aromatic rings. The number of nitrogens with zero attached hydrogens (tertiary/aromatic N) is 2. The Balaban J connectivity index is 2.07. The summed E-state index contributed by atoms with van der Waals surface area (Å²) in [7, 11) is -1.93. The van der Waals surface area contributed by atoms with E-state index in [0.29, 0.717) is 22.7 Å². The van der Waals surface area contributed by atoms with Crippen LogP contribution in [-0.2, 0) is 10.0 Å². The number of hydrogen-bond donors (Lipinski definition) is 1. The van der Waals surface area contributed by atoms with Gasteiger partial charge in [-0.05, 0) is 30.9 Å². The number of rotatable bonds is 5. The monoisotopic (exact) mass is 305 g/mol. The van der Waals surface area contributed by atoms with Crippen molar-refractivity contribution in [1.29, 1.82) is 0 Å². The van der Waals surface area contributed by atoms with E-state index in [1.165, 1.54) is 4.31 Å². The third-order valence-electron chi connectivity index (χ3n) is 4.17. The van der Waals surface area contributed by atoms with Crippen LogP contribution in [0.3, 0.4) is 0 Å². The first-order valence-electron chi connectivity index (χ1n) is 7.06. The lowest BCUT2D eigenvalue weighted by molar-refractivity contribution is 0.341. The first kappa shape index (κ1) is 14.4. The van der Waals surface area contributed by atoms with Crippen LogP contribution < -0.4 is 5.73 Å². The van der Waals surface area contributed by atoms with Crippen LogP contribution in [0, 0.1) is 5.92 Å². The van der Waals surface area contributed by atoms with Gasteiger partial charge >= 0.3 is 0 Å². The van der Waals surface area contributed by atoms with Gasteiger partial charge < -0.3 is 5.73 Å². The van der Waals surface area contributed by atoms with E-state index >= 15 is 0 Å². The Hall–Kier alpha value is -1.50. The summed E-state index contributed by atoms with van der Waals surface area (Å²) < 4.78 is 27.3. The molecule has 1 saturated carbocycles. The molecule has 0 saturated heterocycles. The Kier molecular flexibility index (Phi) is 3.69. The summed E-state index contributed by atoms with van der Waals surface area (Å²) in [5.41, 5.74) is 5.79. The predicted octanol–water partition coefficient (Wildman–Crippen LogP) is 1.59. The molecule has 0 spiro atoms. The zero-order chi connectivity index (χ0) is 15.0. The molecule has 1 aromatic carbocycles. The second-order valence-corrected chi connectivity index (χ2v) is 7.48. The summed E-state index contributed by atoms with van der Waals surface area (Å²) in [6, 6.07) is 6.88. The molecule has 1 aliphatic carbocycles. The fraction of sp³-hybridized carbons (Fsp3) is 0.400. The molecule has 1 atom stereocenters. The number of pyridine rings is 1. The van der Waals surface area contributed by atoms with E-state index in [0.717, 1.165) is 18.2 Å². The zero-order valence-electron chi connectivity index (χ0n) is 11.9. The van der Waals surface area contributed by atoms with Crippen molar-refractivity contribution in [3.05, 3.63) is 36.7 Å². The highest BCUT2D eigenvalue weighted by atomic mass is 32.2. The normalized spacial score (nSPS) is 17.3. The van der Waals surface area contributed by atoms with Gasteiger partial charge in [0, 0.05) is 42.8 Å². The maximum Gasteiger partial charge on any atom is 0.243 e. The number of aromatic nitrogens is 1. The fourth-order valence-electron chi connectivity index (χ4n) is 2.77. The quantitative estimate of drug-likeness (QED) is 0.910. The summed E-state index contributed by atoms with van der Waals surface area (Å²) in [6.07, 6.45) is 5.40. The maximum atomic E-state index is 12.9. The summed E-state index contributed by atoms with van der Waals surface area (Å²) in [5, 5.41) is 1.52. The highest BCUT2D eigenvalue weighted by Gasteiger charge is 2.38. The number of benzene rings is 1. The molecular formula is C15H19N3O2S. The Morgan fingerprint density at radius 3 is 2.81 bits per heavy atom. The number of hydrogen-bond acceptors (Lipinski definition) is 4. The van der Waals surface area contributed by atoms with Crippen LogP contribution in [0.15, 0.2) is 41.6 Å². The largest absolute Gasteiger partial charge is 0.329 e. The molecule has 1 heterocycles. The minimum Gasteiger partial charge on any atom is -0.329 e. The molecule has 5 nitrogen and oxygen atoms in total. The van der Waals surface area contributed by atoms with Crippen molar-refractivity contribution in [1.82, 2.24) is 9.29 Å². The molecule has 21 heavy (non-hydrogen) atoms. The highest BCUT2D eigenvalue weighted by Crippen LogP contribution is 2.37.